The third-order valence-corrected chi connectivity index (χ3v) is 4.96. The maximum absolute atomic E-state index is 12.4. The van der Waals surface area contributed by atoms with Crippen molar-refractivity contribution in [3.8, 4) is 5.75 Å². The molecule has 1 aliphatic rings. The molecular weight excluding hydrogens is 366 g/mol. The molecule has 2 aromatic rings. The third kappa shape index (κ3) is 5.64. The molecule has 2 aromatic carbocycles. The fourth-order valence-corrected chi connectivity index (χ4v) is 3.74. The Labute approximate surface area is 173 Å². The highest BCUT2D eigenvalue weighted by atomic mass is 16.5. The number of carbonyl (C=O) groups excluding carboxylic acids is 1. The second kappa shape index (κ2) is 9.65. The van der Waals surface area contributed by atoms with Crippen LogP contribution in [0.15, 0.2) is 42.5 Å². The molecule has 1 saturated heterocycles. The Morgan fingerprint density at radius 3 is 2.41 bits per heavy atom. The first kappa shape index (κ1) is 21.0. The van der Waals surface area contributed by atoms with Gasteiger partial charge >= 0.3 is 6.03 Å². The largest absolute Gasteiger partial charge is 0.491 e. The Morgan fingerprint density at radius 2 is 1.72 bits per heavy atom. The van der Waals surface area contributed by atoms with Gasteiger partial charge in [0.2, 0.25) is 0 Å². The number of anilines is 2. The van der Waals surface area contributed by atoms with Crippen LogP contribution >= 0.6 is 0 Å². The van der Waals surface area contributed by atoms with Gasteiger partial charge in [0, 0.05) is 13.1 Å². The summed E-state index contributed by atoms with van der Waals surface area (Å²) in [4.78, 5) is 14.7. The van der Waals surface area contributed by atoms with Crippen molar-refractivity contribution in [1.82, 2.24) is 5.32 Å². The Bertz CT molecular complexity index is 810. The summed E-state index contributed by atoms with van der Waals surface area (Å²) in [5.74, 6) is 0.885. The molecule has 1 heterocycles. The topological polar surface area (TPSA) is 62.8 Å². The van der Waals surface area contributed by atoms with Crippen LogP contribution in [0.2, 0.25) is 0 Å². The number of aryl methyl sites for hydroxylation is 2. The number of urea groups is 1. The minimum Gasteiger partial charge on any atom is -0.491 e. The standard InChI is InChI=1S/C23H31N3O3/c1-16-8-7-9-17(2)22(16)28-13-12-24-23(27)25-20-10-5-6-11-21(20)26-14-18(3)29-19(4)15-26/h5-11,18-19H,12-15H2,1-4H3,(H2,24,25,27). The van der Waals surface area contributed by atoms with Crippen molar-refractivity contribution in [3.05, 3.63) is 53.6 Å². The number of hydrogen-bond donors (Lipinski definition) is 2. The number of hydrogen-bond acceptors (Lipinski definition) is 4. The van der Waals surface area contributed by atoms with Crippen LogP contribution in [0.25, 0.3) is 0 Å². The quantitative estimate of drug-likeness (QED) is 0.720. The summed E-state index contributed by atoms with van der Waals surface area (Å²) >= 11 is 0. The van der Waals surface area contributed by atoms with E-state index in [4.69, 9.17) is 9.47 Å². The zero-order valence-corrected chi connectivity index (χ0v) is 17.7. The third-order valence-electron chi connectivity index (χ3n) is 4.96. The minimum atomic E-state index is -0.239. The lowest BCUT2D eigenvalue weighted by atomic mass is 10.1. The van der Waals surface area contributed by atoms with Gasteiger partial charge in [-0.3, -0.25) is 0 Å². The summed E-state index contributed by atoms with van der Waals surface area (Å²) in [6, 6.07) is 13.7. The second-order valence-corrected chi connectivity index (χ2v) is 7.63. The average Bonchev–Trinajstić information content (AvgIpc) is 2.66. The smallest absolute Gasteiger partial charge is 0.319 e. The van der Waals surface area contributed by atoms with Crippen LogP contribution in [0.5, 0.6) is 5.75 Å². The summed E-state index contributed by atoms with van der Waals surface area (Å²) in [5, 5.41) is 5.84. The molecule has 1 aliphatic heterocycles. The summed E-state index contributed by atoms with van der Waals surface area (Å²) in [7, 11) is 0. The summed E-state index contributed by atoms with van der Waals surface area (Å²) < 4.78 is 11.7. The van der Waals surface area contributed by atoms with Crippen LogP contribution in [-0.4, -0.2) is 44.5 Å². The van der Waals surface area contributed by atoms with Gasteiger partial charge in [0.05, 0.1) is 30.1 Å². The van der Waals surface area contributed by atoms with Gasteiger partial charge in [-0.05, 0) is 51.0 Å². The monoisotopic (exact) mass is 397 g/mol. The molecule has 1 fully saturated rings. The molecule has 2 unspecified atom stereocenters. The van der Waals surface area contributed by atoms with Crippen LogP contribution in [-0.2, 0) is 4.74 Å². The number of rotatable bonds is 6. The van der Waals surface area contributed by atoms with Gasteiger partial charge < -0.3 is 25.0 Å². The molecule has 29 heavy (non-hydrogen) atoms. The van der Waals surface area contributed by atoms with Gasteiger partial charge in [0.1, 0.15) is 12.4 Å². The molecule has 6 heteroatoms. The Balaban J connectivity index is 1.53. The molecule has 6 nitrogen and oxygen atoms in total. The van der Waals surface area contributed by atoms with E-state index in [-0.39, 0.29) is 18.2 Å². The van der Waals surface area contributed by atoms with E-state index in [9.17, 15) is 4.79 Å². The fourth-order valence-electron chi connectivity index (χ4n) is 3.74. The molecule has 3 rings (SSSR count). The number of para-hydroxylation sites is 3. The first-order chi connectivity index (χ1) is 13.9. The summed E-state index contributed by atoms with van der Waals surface area (Å²) in [6.45, 7) is 10.6. The molecule has 0 bridgehead atoms. The second-order valence-electron chi connectivity index (χ2n) is 7.63. The van der Waals surface area contributed by atoms with Gasteiger partial charge in [-0.25, -0.2) is 4.79 Å². The van der Waals surface area contributed by atoms with E-state index in [1.807, 2.05) is 56.3 Å². The van der Waals surface area contributed by atoms with Crippen molar-refractivity contribution in [2.24, 2.45) is 0 Å². The fraction of sp³-hybridized carbons (Fsp3) is 0.435. The molecule has 2 amide bonds. The van der Waals surface area contributed by atoms with Crippen molar-refractivity contribution in [2.45, 2.75) is 39.9 Å². The van der Waals surface area contributed by atoms with Crippen molar-refractivity contribution >= 4 is 17.4 Å². The van der Waals surface area contributed by atoms with Gasteiger partial charge in [-0.2, -0.15) is 0 Å². The van der Waals surface area contributed by atoms with Crippen molar-refractivity contribution < 1.29 is 14.3 Å². The lowest BCUT2D eigenvalue weighted by Crippen LogP contribution is -2.45. The zero-order chi connectivity index (χ0) is 20.8. The molecule has 0 aromatic heterocycles. The Kier molecular flexibility index (Phi) is 6.99. The number of amides is 2. The van der Waals surface area contributed by atoms with Crippen molar-refractivity contribution in [3.63, 3.8) is 0 Å². The maximum atomic E-state index is 12.4. The van der Waals surface area contributed by atoms with E-state index in [0.29, 0.717) is 13.2 Å². The highest BCUT2D eigenvalue weighted by molar-refractivity contribution is 5.93. The summed E-state index contributed by atoms with van der Waals surface area (Å²) in [6.07, 6.45) is 0.311. The van der Waals surface area contributed by atoms with E-state index in [0.717, 1.165) is 41.3 Å². The minimum absolute atomic E-state index is 0.155. The molecule has 2 atom stereocenters. The van der Waals surface area contributed by atoms with E-state index < -0.39 is 0 Å². The Morgan fingerprint density at radius 1 is 1.07 bits per heavy atom. The lowest BCUT2D eigenvalue weighted by molar-refractivity contribution is -0.00517. The highest BCUT2D eigenvalue weighted by Gasteiger charge is 2.24. The van der Waals surface area contributed by atoms with Gasteiger partial charge in [0.15, 0.2) is 0 Å². The molecule has 2 N–H and O–H groups in total. The number of nitrogens with one attached hydrogen (secondary N) is 2. The van der Waals surface area contributed by atoms with E-state index in [1.165, 1.54) is 0 Å². The lowest BCUT2D eigenvalue weighted by Gasteiger charge is -2.37. The van der Waals surface area contributed by atoms with Gasteiger partial charge in [-0.1, -0.05) is 30.3 Å². The van der Waals surface area contributed by atoms with Crippen LogP contribution in [0.1, 0.15) is 25.0 Å². The zero-order valence-electron chi connectivity index (χ0n) is 17.7. The Hall–Kier alpha value is -2.73. The van der Waals surface area contributed by atoms with Gasteiger partial charge in [-0.15, -0.1) is 0 Å². The number of nitrogens with zero attached hydrogens (tertiary/aromatic N) is 1. The molecule has 0 aliphatic carbocycles. The first-order valence-corrected chi connectivity index (χ1v) is 10.2. The highest BCUT2D eigenvalue weighted by Crippen LogP contribution is 2.28. The predicted octanol–water partition coefficient (Wildman–Crippen LogP) is 4.12. The number of benzene rings is 2. The van der Waals surface area contributed by atoms with Crippen molar-refractivity contribution in [2.75, 3.05) is 36.5 Å². The average molecular weight is 398 g/mol. The molecule has 0 radical (unpaired) electrons. The van der Waals surface area contributed by atoms with Crippen LogP contribution in [0.3, 0.4) is 0 Å². The molecule has 0 spiro atoms. The first-order valence-electron chi connectivity index (χ1n) is 10.2. The van der Waals surface area contributed by atoms with E-state index >= 15 is 0 Å². The maximum Gasteiger partial charge on any atom is 0.319 e. The van der Waals surface area contributed by atoms with E-state index in [1.54, 1.807) is 0 Å². The molecular formula is C23H31N3O3. The van der Waals surface area contributed by atoms with Crippen LogP contribution in [0.4, 0.5) is 16.2 Å². The van der Waals surface area contributed by atoms with Crippen LogP contribution in [0, 0.1) is 13.8 Å². The number of carbonyl (C=O) groups is 1. The number of morpholine rings is 1. The molecule has 0 saturated carbocycles. The number of ether oxygens (including phenoxy) is 2. The van der Waals surface area contributed by atoms with Crippen LogP contribution < -0.4 is 20.3 Å². The van der Waals surface area contributed by atoms with Crippen molar-refractivity contribution in [1.29, 1.82) is 0 Å². The summed E-state index contributed by atoms with van der Waals surface area (Å²) in [5.41, 5.74) is 3.99. The van der Waals surface area contributed by atoms with Gasteiger partial charge in [0.25, 0.3) is 0 Å². The normalized spacial score (nSPS) is 19.0. The molecule has 156 valence electrons. The predicted molar refractivity (Wildman–Crippen MR) is 117 cm³/mol. The SMILES string of the molecule is Cc1cccc(C)c1OCCNC(=O)Nc1ccccc1N1CC(C)OC(C)C1. The van der Waals surface area contributed by atoms with E-state index in [2.05, 4.69) is 29.4 Å².